The van der Waals surface area contributed by atoms with Gasteiger partial charge >= 0.3 is 0 Å². The molecule has 10 rings (SSSR count). The van der Waals surface area contributed by atoms with E-state index in [4.69, 9.17) is 9.98 Å². The van der Waals surface area contributed by atoms with Crippen LogP contribution in [0.3, 0.4) is 0 Å². The highest BCUT2D eigenvalue weighted by atomic mass is 15.2. The first-order chi connectivity index (χ1) is 25.3. The van der Waals surface area contributed by atoms with E-state index in [-0.39, 0.29) is 0 Å². The highest BCUT2D eigenvalue weighted by Gasteiger charge is 2.21. The number of aliphatic imine (C=N–C) groups is 2. The minimum absolute atomic E-state index is 0.396. The molecule has 0 saturated carbocycles. The Bertz CT molecular complexity index is 2810. The molecule has 9 aromatic rings. The molecule has 4 heteroatoms. The number of fused-ring (bicyclic) bond motifs is 6. The third-order valence-corrected chi connectivity index (χ3v) is 10.0. The minimum Gasteiger partial charge on any atom is -0.324 e. The van der Waals surface area contributed by atoms with Crippen LogP contribution in [-0.4, -0.2) is 16.2 Å². The van der Waals surface area contributed by atoms with Gasteiger partial charge in [-0.05, 0) is 68.6 Å². The molecule has 8 aromatic carbocycles. The summed E-state index contributed by atoms with van der Waals surface area (Å²) in [5.74, 6) is 1.61. The van der Waals surface area contributed by atoms with E-state index >= 15 is 0 Å². The van der Waals surface area contributed by atoms with Crippen molar-refractivity contribution in [2.45, 2.75) is 6.17 Å². The fourth-order valence-corrected chi connectivity index (χ4v) is 7.49. The van der Waals surface area contributed by atoms with Crippen LogP contribution < -0.4 is 5.32 Å². The van der Waals surface area contributed by atoms with Crippen molar-refractivity contribution in [3.05, 3.63) is 199 Å². The summed E-state index contributed by atoms with van der Waals surface area (Å²) in [5.41, 5.74) is 8.93. The lowest BCUT2D eigenvalue weighted by Crippen LogP contribution is -2.36. The lowest BCUT2D eigenvalue weighted by Gasteiger charge is -2.22. The molecule has 1 aliphatic heterocycles. The SMILES string of the molecule is c1ccc(C2=NC(c3ccc(-n4c5ccccc5c5c6ccccc6ccc54)cc3)N=C(c3ccc(-c4ccc5ccccc5c4)cc3)N2)cc1. The van der Waals surface area contributed by atoms with Crippen molar-refractivity contribution in [2.24, 2.45) is 9.98 Å². The van der Waals surface area contributed by atoms with Crippen molar-refractivity contribution in [3.63, 3.8) is 0 Å². The molecule has 0 bridgehead atoms. The summed E-state index contributed by atoms with van der Waals surface area (Å²) >= 11 is 0. The first-order valence-corrected chi connectivity index (χ1v) is 17.4. The number of nitrogens with zero attached hydrogens (tertiary/aromatic N) is 3. The highest BCUT2D eigenvalue weighted by Crippen LogP contribution is 2.37. The zero-order valence-corrected chi connectivity index (χ0v) is 27.7. The van der Waals surface area contributed by atoms with E-state index in [1.165, 1.54) is 54.5 Å². The number of benzene rings is 8. The molecule has 1 aliphatic rings. The number of rotatable bonds is 5. The molecule has 1 N–H and O–H groups in total. The van der Waals surface area contributed by atoms with Crippen LogP contribution in [0, 0.1) is 0 Å². The summed E-state index contributed by atoms with van der Waals surface area (Å²) in [5, 5.41) is 11.1. The molecule has 2 heterocycles. The molecule has 0 saturated heterocycles. The molecule has 0 amide bonds. The molecular weight excluding hydrogens is 621 g/mol. The summed E-state index contributed by atoms with van der Waals surface area (Å²) in [6, 6.07) is 64.6. The second kappa shape index (κ2) is 12.0. The van der Waals surface area contributed by atoms with Gasteiger partial charge in [0.1, 0.15) is 11.7 Å². The summed E-state index contributed by atoms with van der Waals surface area (Å²) < 4.78 is 2.37. The van der Waals surface area contributed by atoms with E-state index in [9.17, 15) is 0 Å². The largest absolute Gasteiger partial charge is 0.324 e. The monoisotopic (exact) mass is 652 g/mol. The van der Waals surface area contributed by atoms with E-state index < -0.39 is 6.17 Å². The van der Waals surface area contributed by atoms with Crippen molar-refractivity contribution in [2.75, 3.05) is 0 Å². The van der Waals surface area contributed by atoms with Crippen LogP contribution in [0.15, 0.2) is 192 Å². The number of para-hydroxylation sites is 1. The van der Waals surface area contributed by atoms with Gasteiger partial charge in [-0.1, -0.05) is 152 Å². The van der Waals surface area contributed by atoms with Crippen LogP contribution in [0.5, 0.6) is 0 Å². The second-order valence-corrected chi connectivity index (χ2v) is 13.1. The standard InChI is InChI=1S/C47H32N4/c1-2-12-34(13-3-1)45-48-46(35-21-18-32(19-22-35)38-23-20-31-10-4-5-14-37(31)30-38)50-47(49-45)36-24-27-39(28-25-36)51-42-17-9-8-16-41(42)44-40-15-7-6-11-33(40)26-29-43(44)51/h1-30,47H,(H,48,49,50). The van der Waals surface area contributed by atoms with Crippen molar-refractivity contribution >= 4 is 55.0 Å². The fraction of sp³-hybridized carbons (Fsp3) is 0.0213. The lowest BCUT2D eigenvalue weighted by atomic mass is 10.00. The molecular formula is C47H32N4. The molecule has 0 aliphatic carbocycles. The van der Waals surface area contributed by atoms with E-state index in [1.807, 2.05) is 18.2 Å². The van der Waals surface area contributed by atoms with Crippen LogP contribution in [0.4, 0.5) is 0 Å². The number of hydrogen-bond acceptors (Lipinski definition) is 3. The van der Waals surface area contributed by atoms with E-state index in [0.717, 1.165) is 34.0 Å². The minimum atomic E-state index is -0.396. The van der Waals surface area contributed by atoms with Gasteiger partial charge in [0.05, 0.1) is 11.0 Å². The Labute approximate surface area is 295 Å². The topological polar surface area (TPSA) is 41.7 Å². The Balaban J connectivity index is 1.03. The lowest BCUT2D eigenvalue weighted by molar-refractivity contribution is 0.755. The van der Waals surface area contributed by atoms with E-state index in [1.54, 1.807) is 0 Å². The van der Waals surface area contributed by atoms with Crippen LogP contribution in [-0.2, 0) is 0 Å². The van der Waals surface area contributed by atoms with E-state index in [0.29, 0.717) is 0 Å². The molecule has 0 fully saturated rings. The Hall–Kier alpha value is -6.78. The van der Waals surface area contributed by atoms with Gasteiger partial charge in [-0.3, -0.25) is 0 Å². The molecule has 1 atom stereocenters. The third kappa shape index (κ3) is 5.08. The number of aromatic nitrogens is 1. The Kier molecular flexibility index (Phi) is 6.85. The summed E-state index contributed by atoms with van der Waals surface area (Å²) in [4.78, 5) is 10.3. The number of nitrogens with one attached hydrogen (secondary N) is 1. The van der Waals surface area contributed by atoms with Crippen LogP contribution in [0.2, 0.25) is 0 Å². The second-order valence-electron chi connectivity index (χ2n) is 13.1. The van der Waals surface area contributed by atoms with Gasteiger partial charge in [-0.2, -0.15) is 0 Å². The normalized spacial score (nSPS) is 14.5. The summed E-state index contributed by atoms with van der Waals surface area (Å²) in [6.45, 7) is 0. The van der Waals surface area contributed by atoms with Gasteiger partial charge in [0, 0.05) is 27.6 Å². The zero-order chi connectivity index (χ0) is 33.7. The van der Waals surface area contributed by atoms with Crippen molar-refractivity contribution in [3.8, 4) is 16.8 Å². The Morgan fingerprint density at radius 1 is 0.412 bits per heavy atom. The first kappa shape index (κ1) is 29.2. The Morgan fingerprint density at radius 2 is 1.00 bits per heavy atom. The van der Waals surface area contributed by atoms with E-state index in [2.05, 4.69) is 174 Å². The van der Waals surface area contributed by atoms with Crippen LogP contribution in [0.1, 0.15) is 22.9 Å². The maximum Gasteiger partial charge on any atom is 0.169 e. The molecule has 1 aromatic heterocycles. The molecule has 4 nitrogen and oxygen atoms in total. The number of hydrogen-bond donors (Lipinski definition) is 1. The first-order valence-electron chi connectivity index (χ1n) is 17.4. The zero-order valence-electron chi connectivity index (χ0n) is 27.7. The number of amidine groups is 2. The molecule has 1 unspecified atom stereocenters. The van der Waals surface area contributed by atoms with Gasteiger partial charge in [0.15, 0.2) is 6.17 Å². The highest BCUT2D eigenvalue weighted by molar-refractivity contribution is 6.21. The van der Waals surface area contributed by atoms with Crippen molar-refractivity contribution in [1.82, 2.24) is 9.88 Å². The quantitative estimate of drug-likeness (QED) is 0.197. The Morgan fingerprint density at radius 3 is 1.78 bits per heavy atom. The van der Waals surface area contributed by atoms with Crippen molar-refractivity contribution in [1.29, 1.82) is 0 Å². The maximum absolute atomic E-state index is 5.18. The molecule has 240 valence electrons. The smallest absolute Gasteiger partial charge is 0.169 e. The van der Waals surface area contributed by atoms with Crippen LogP contribution >= 0.6 is 0 Å². The summed E-state index contributed by atoms with van der Waals surface area (Å²) in [7, 11) is 0. The van der Waals surface area contributed by atoms with Gasteiger partial charge in [-0.25, -0.2) is 9.98 Å². The van der Waals surface area contributed by atoms with Gasteiger partial charge < -0.3 is 9.88 Å². The third-order valence-electron chi connectivity index (χ3n) is 10.0. The average molecular weight is 653 g/mol. The fourth-order valence-electron chi connectivity index (χ4n) is 7.49. The van der Waals surface area contributed by atoms with Gasteiger partial charge in [0.2, 0.25) is 0 Å². The van der Waals surface area contributed by atoms with Gasteiger partial charge in [0.25, 0.3) is 0 Å². The maximum atomic E-state index is 5.18. The molecule has 51 heavy (non-hydrogen) atoms. The van der Waals surface area contributed by atoms with Crippen molar-refractivity contribution < 1.29 is 0 Å². The summed E-state index contributed by atoms with van der Waals surface area (Å²) in [6.07, 6.45) is -0.396. The molecule has 0 radical (unpaired) electrons. The predicted octanol–water partition coefficient (Wildman–Crippen LogP) is 11.3. The predicted molar refractivity (Wildman–Crippen MR) is 213 cm³/mol. The molecule has 0 spiro atoms. The van der Waals surface area contributed by atoms with Gasteiger partial charge in [-0.15, -0.1) is 0 Å². The van der Waals surface area contributed by atoms with Crippen LogP contribution in [0.25, 0.3) is 60.2 Å². The average Bonchev–Trinajstić information content (AvgIpc) is 3.56.